The molecular formula is C14H17ClN2S. The largest absolute Gasteiger partial charge is 0.310 e. The Labute approximate surface area is 117 Å². The predicted molar refractivity (Wildman–Crippen MR) is 78.4 cm³/mol. The van der Waals surface area contributed by atoms with Crippen LogP contribution in [0.1, 0.15) is 29.0 Å². The van der Waals surface area contributed by atoms with Gasteiger partial charge in [-0.15, -0.1) is 11.3 Å². The first-order valence-electron chi connectivity index (χ1n) is 6.07. The molecule has 1 aromatic carbocycles. The summed E-state index contributed by atoms with van der Waals surface area (Å²) in [6, 6.07) is 6.38. The highest BCUT2D eigenvalue weighted by Gasteiger charge is 2.14. The summed E-state index contributed by atoms with van der Waals surface area (Å²) < 4.78 is 0. The van der Waals surface area contributed by atoms with E-state index in [0.717, 1.165) is 18.0 Å². The third kappa shape index (κ3) is 3.31. The average Bonchev–Trinajstić information content (AvgIpc) is 2.85. The van der Waals surface area contributed by atoms with Gasteiger partial charge in [0, 0.05) is 28.6 Å². The van der Waals surface area contributed by atoms with Crippen LogP contribution < -0.4 is 5.32 Å². The second kappa shape index (κ2) is 6.32. The number of nitrogens with one attached hydrogen (secondary N) is 1. The third-order valence-corrected chi connectivity index (χ3v) is 3.99. The Balaban J connectivity index is 2.26. The second-order valence-electron chi connectivity index (χ2n) is 4.28. The van der Waals surface area contributed by atoms with Crippen molar-refractivity contribution in [2.24, 2.45) is 0 Å². The van der Waals surface area contributed by atoms with Gasteiger partial charge in [0.15, 0.2) is 0 Å². The van der Waals surface area contributed by atoms with Gasteiger partial charge in [-0.05, 0) is 36.7 Å². The molecule has 0 saturated carbocycles. The molecule has 0 aliphatic heterocycles. The zero-order chi connectivity index (χ0) is 13.0. The topological polar surface area (TPSA) is 24.9 Å². The Morgan fingerprint density at radius 3 is 2.94 bits per heavy atom. The number of rotatable bonds is 5. The van der Waals surface area contributed by atoms with Gasteiger partial charge in [-0.2, -0.15) is 0 Å². The van der Waals surface area contributed by atoms with Crippen LogP contribution in [0.15, 0.2) is 29.9 Å². The van der Waals surface area contributed by atoms with E-state index in [4.69, 9.17) is 11.6 Å². The highest BCUT2D eigenvalue weighted by atomic mass is 35.5. The first-order chi connectivity index (χ1) is 8.70. The van der Waals surface area contributed by atoms with Crippen molar-refractivity contribution in [1.82, 2.24) is 10.3 Å². The molecule has 0 aliphatic rings. The number of benzene rings is 1. The molecule has 18 heavy (non-hydrogen) atoms. The Hall–Kier alpha value is -0.900. The average molecular weight is 281 g/mol. The number of hydrogen-bond acceptors (Lipinski definition) is 3. The molecule has 1 aromatic heterocycles. The van der Waals surface area contributed by atoms with Crippen molar-refractivity contribution < 1.29 is 0 Å². The normalized spacial score (nSPS) is 12.6. The van der Waals surface area contributed by atoms with Gasteiger partial charge >= 0.3 is 0 Å². The fourth-order valence-electron chi connectivity index (χ4n) is 2.07. The van der Waals surface area contributed by atoms with Crippen LogP contribution in [0, 0.1) is 6.92 Å². The molecule has 96 valence electrons. The van der Waals surface area contributed by atoms with Crippen molar-refractivity contribution >= 4 is 22.9 Å². The van der Waals surface area contributed by atoms with Crippen LogP contribution in [-0.4, -0.2) is 11.5 Å². The first kappa shape index (κ1) is 13.5. The van der Waals surface area contributed by atoms with Crippen LogP contribution in [0.4, 0.5) is 0 Å². The summed E-state index contributed by atoms with van der Waals surface area (Å²) >= 11 is 7.80. The molecule has 2 aromatic rings. The molecule has 0 bridgehead atoms. The third-order valence-electron chi connectivity index (χ3n) is 2.96. The molecule has 2 rings (SSSR count). The zero-order valence-corrected chi connectivity index (χ0v) is 12.2. The molecule has 1 heterocycles. The Kier molecular flexibility index (Phi) is 4.75. The van der Waals surface area contributed by atoms with E-state index >= 15 is 0 Å². The second-order valence-corrected chi connectivity index (χ2v) is 5.69. The van der Waals surface area contributed by atoms with Gasteiger partial charge in [-0.25, -0.2) is 0 Å². The van der Waals surface area contributed by atoms with Crippen molar-refractivity contribution in [1.29, 1.82) is 0 Å². The highest BCUT2D eigenvalue weighted by Crippen LogP contribution is 2.25. The molecule has 4 heteroatoms. The number of hydrogen-bond donors (Lipinski definition) is 1. The van der Waals surface area contributed by atoms with Gasteiger partial charge in [0.05, 0.1) is 5.51 Å². The van der Waals surface area contributed by atoms with Crippen LogP contribution >= 0.6 is 22.9 Å². The quantitative estimate of drug-likeness (QED) is 0.895. The fourth-order valence-corrected chi connectivity index (χ4v) is 2.89. The molecule has 2 nitrogen and oxygen atoms in total. The minimum absolute atomic E-state index is 0.300. The molecule has 0 amide bonds. The number of nitrogens with zero attached hydrogens (tertiary/aromatic N) is 1. The van der Waals surface area contributed by atoms with E-state index in [1.165, 1.54) is 16.0 Å². The molecule has 0 radical (unpaired) electrons. The fraction of sp³-hybridized carbons (Fsp3) is 0.357. The highest BCUT2D eigenvalue weighted by molar-refractivity contribution is 7.09. The zero-order valence-electron chi connectivity index (χ0n) is 10.6. The molecule has 0 spiro atoms. The summed E-state index contributed by atoms with van der Waals surface area (Å²) in [4.78, 5) is 5.43. The smallest absolute Gasteiger partial charge is 0.0794 e. The maximum absolute atomic E-state index is 6.11. The van der Waals surface area contributed by atoms with Gasteiger partial charge in [-0.3, -0.25) is 4.98 Å². The van der Waals surface area contributed by atoms with Crippen LogP contribution in [0.2, 0.25) is 5.02 Å². The lowest BCUT2D eigenvalue weighted by Gasteiger charge is -2.20. The van der Waals surface area contributed by atoms with Crippen LogP contribution in [0.5, 0.6) is 0 Å². The van der Waals surface area contributed by atoms with Crippen molar-refractivity contribution in [3.8, 4) is 0 Å². The van der Waals surface area contributed by atoms with E-state index in [0.29, 0.717) is 6.04 Å². The first-order valence-corrected chi connectivity index (χ1v) is 7.33. The molecule has 0 fully saturated rings. The Morgan fingerprint density at radius 2 is 2.28 bits per heavy atom. The molecule has 1 N–H and O–H groups in total. The van der Waals surface area contributed by atoms with Crippen LogP contribution in [-0.2, 0) is 6.42 Å². The maximum Gasteiger partial charge on any atom is 0.0794 e. The number of aryl methyl sites for hydroxylation is 1. The van der Waals surface area contributed by atoms with Gasteiger partial charge in [0.2, 0.25) is 0 Å². The van der Waals surface area contributed by atoms with E-state index in [9.17, 15) is 0 Å². The number of likely N-dealkylation sites (N-methyl/N-ethyl adjacent to an activating group) is 1. The van der Waals surface area contributed by atoms with Crippen molar-refractivity contribution in [3.05, 3.63) is 50.9 Å². The molecular weight excluding hydrogens is 264 g/mol. The standard InChI is InChI=1S/C14H17ClN2S/c1-3-17-14(7-12-8-16-9-18-12)13-6-11(15)5-4-10(13)2/h4-6,8-9,14,17H,3,7H2,1-2H3. The molecule has 1 atom stereocenters. The summed E-state index contributed by atoms with van der Waals surface area (Å²) in [6.07, 6.45) is 2.90. The SMILES string of the molecule is CCNC(Cc1cncs1)c1cc(Cl)ccc1C. The Morgan fingerprint density at radius 1 is 1.44 bits per heavy atom. The van der Waals surface area contributed by atoms with E-state index in [-0.39, 0.29) is 0 Å². The summed E-state index contributed by atoms with van der Waals surface area (Å²) in [7, 11) is 0. The van der Waals surface area contributed by atoms with Crippen molar-refractivity contribution in [3.63, 3.8) is 0 Å². The lowest BCUT2D eigenvalue weighted by molar-refractivity contribution is 0.550. The van der Waals surface area contributed by atoms with E-state index in [1.54, 1.807) is 11.3 Å². The summed E-state index contributed by atoms with van der Waals surface area (Å²) in [5.74, 6) is 0. The summed E-state index contributed by atoms with van der Waals surface area (Å²) in [6.45, 7) is 5.19. The minimum Gasteiger partial charge on any atom is -0.310 e. The van der Waals surface area contributed by atoms with Gasteiger partial charge in [-0.1, -0.05) is 24.6 Å². The minimum atomic E-state index is 0.300. The molecule has 1 unspecified atom stereocenters. The maximum atomic E-state index is 6.11. The lowest BCUT2D eigenvalue weighted by Crippen LogP contribution is -2.23. The number of halogens is 1. The van der Waals surface area contributed by atoms with Crippen molar-refractivity contribution in [2.75, 3.05) is 6.54 Å². The number of thiazole rings is 1. The van der Waals surface area contributed by atoms with Crippen molar-refractivity contribution in [2.45, 2.75) is 26.3 Å². The Bertz CT molecular complexity index is 497. The lowest BCUT2D eigenvalue weighted by atomic mass is 9.98. The monoisotopic (exact) mass is 280 g/mol. The van der Waals surface area contributed by atoms with Crippen LogP contribution in [0.3, 0.4) is 0 Å². The molecule has 0 saturated heterocycles. The van der Waals surface area contributed by atoms with Gasteiger partial charge in [0.1, 0.15) is 0 Å². The summed E-state index contributed by atoms with van der Waals surface area (Å²) in [5.41, 5.74) is 4.43. The summed E-state index contributed by atoms with van der Waals surface area (Å²) in [5, 5.41) is 4.32. The van der Waals surface area contributed by atoms with E-state index < -0.39 is 0 Å². The van der Waals surface area contributed by atoms with Gasteiger partial charge in [0.25, 0.3) is 0 Å². The van der Waals surface area contributed by atoms with Crippen LogP contribution in [0.25, 0.3) is 0 Å². The van der Waals surface area contributed by atoms with Gasteiger partial charge < -0.3 is 5.32 Å². The molecule has 0 aliphatic carbocycles. The van der Waals surface area contributed by atoms with E-state index in [2.05, 4.69) is 36.3 Å². The predicted octanol–water partition coefficient (Wildman–Crippen LogP) is 4.00. The number of aromatic nitrogens is 1. The van der Waals surface area contributed by atoms with E-state index in [1.807, 2.05) is 17.8 Å².